The van der Waals surface area contributed by atoms with Crippen molar-refractivity contribution in [1.82, 2.24) is 20.3 Å². The lowest BCUT2D eigenvalue weighted by Crippen LogP contribution is -2.52. The van der Waals surface area contributed by atoms with Crippen molar-refractivity contribution in [1.29, 1.82) is 0 Å². The first-order valence-corrected chi connectivity index (χ1v) is 11.3. The highest BCUT2D eigenvalue weighted by Crippen LogP contribution is 2.20. The van der Waals surface area contributed by atoms with Crippen LogP contribution in [-0.2, 0) is 10.0 Å². The fraction of sp³-hybridized carbons (Fsp3) is 0.400. The smallest absolute Gasteiger partial charge is 0.242 e. The quantitative estimate of drug-likeness (QED) is 0.207. The summed E-state index contributed by atoms with van der Waals surface area (Å²) >= 11 is 0. The number of benzene rings is 1. The molecule has 11 heteroatoms. The minimum atomic E-state index is -3.58. The van der Waals surface area contributed by atoms with Gasteiger partial charge in [0, 0.05) is 57.3 Å². The predicted molar refractivity (Wildman–Crippen MR) is 131 cm³/mol. The Morgan fingerprint density at radius 1 is 1.29 bits per heavy atom. The van der Waals surface area contributed by atoms with Gasteiger partial charge in [-0.3, -0.25) is 9.98 Å². The molecular formula is C20H28FIN6O2S. The molecule has 1 atom stereocenters. The van der Waals surface area contributed by atoms with Crippen LogP contribution in [0.15, 0.2) is 58.7 Å². The monoisotopic (exact) mass is 562 g/mol. The standard InChI is InChI=1S/C20H27FN6O2S.HI/c1-22-20(24-10-11-25-30(28,29)19-8-3-9-23-14-19)26-17-6-4-12-27(15-17)18-7-2-5-16(21)13-18;/h2-3,5,7-9,13-14,17,25H,4,6,10-12,15H2,1H3,(H2,22,24,26);1H. The van der Waals surface area contributed by atoms with Crippen LogP contribution in [0.5, 0.6) is 0 Å². The summed E-state index contributed by atoms with van der Waals surface area (Å²) in [6, 6.07) is 9.84. The van der Waals surface area contributed by atoms with E-state index in [0.29, 0.717) is 12.5 Å². The predicted octanol–water partition coefficient (Wildman–Crippen LogP) is 1.95. The lowest BCUT2D eigenvalue weighted by Gasteiger charge is -2.35. The molecule has 1 aliphatic heterocycles. The average molecular weight is 562 g/mol. The highest BCUT2D eigenvalue weighted by molar-refractivity contribution is 14.0. The lowest BCUT2D eigenvalue weighted by atomic mass is 10.0. The second-order valence-corrected chi connectivity index (χ2v) is 8.76. The third kappa shape index (κ3) is 7.58. The number of nitrogens with zero attached hydrogens (tertiary/aromatic N) is 3. The van der Waals surface area contributed by atoms with Crippen LogP contribution in [0, 0.1) is 5.82 Å². The molecule has 0 bridgehead atoms. The number of aromatic nitrogens is 1. The Hall–Kier alpha value is -1.99. The fourth-order valence-electron chi connectivity index (χ4n) is 3.35. The zero-order valence-electron chi connectivity index (χ0n) is 17.3. The van der Waals surface area contributed by atoms with Gasteiger partial charge >= 0.3 is 0 Å². The molecule has 0 amide bonds. The zero-order chi connectivity index (χ0) is 21.4. The number of hydrogen-bond donors (Lipinski definition) is 3. The van der Waals surface area contributed by atoms with Crippen molar-refractivity contribution in [3.8, 4) is 0 Å². The van der Waals surface area contributed by atoms with E-state index in [1.165, 1.54) is 24.5 Å². The molecule has 1 aromatic heterocycles. The van der Waals surface area contributed by atoms with Crippen LogP contribution in [0.2, 0.25) is 0 Å². The molecule has 8 nitrogen and oxygen atoms in total. The average Bonchev–Trinajstić information content (AvgIpc) is 2.76. The summed E-state index contributed by atoms with van der Waals surface area (Å²) in [5.74, 6) is 0.357. The first kappa shape index (κ1) is 25.3. The number of halogens is 2. The topological polar surface area (TPSA) is 98.7 Å². The third-order valence-electron chi connectivity index (χ3n) is 4.81. The van der Waals surface area contributed by atoms with Gasteiger partial charge in [-0.1, -0.05) is 6.07 Å². The van der Waals surface area contributed by atoms with Gasteiger partial charge in [0.25, 0.3) is 0 Å². The molecule has 2 heterocycles. The van der Waals surface area contributed by atoms with Gasteiger partial charge in [-0.25, -0.2) is 17.5 Å². The van der Waals surface area contributed by atoms with Crippen molar-refractivity contribution in [2.24, 2.45) is 4.99 Å². The zero-order valence-corrected chi connectivity index (χ0v) is 20.4. The molecule has 0 radical (unpaired) electrons. The Morgan fingerprint density at radius 3 is 2.84 bits per heavy atom. The Bertz CT molecular complexity index is 961. The van der Waals surface area contributed by atoms with Crippen molar-refractivity contribution in [2.45, 2.75) is 23.8 Å². The Morgan fingerprint density at radius 2 is 2.13 bits per heavy atom. The van der Waals surface area contributed by atoms with Crippen molar-refractivity contribution in [3.63, 3.8) is 0 Å². The van der Waals surface area contributed by atoms with Gasteiger partial charge in [0.2, 0.25) is 10.0 Å². The Labute approximate surface area is 199 Å². The van der Waals surface area contributed by atoms with Gasteiger partial charge in [0.15, 0.2) is 5.96 Å². The van der Waals surface area contributed by atoms with Crippen LogP contribution in [0.1, 0.15) is 12.8 Å². The van der Waals surface area contributed by atoms with Crippen molar-refractivity contribution < 1.29 is 12.8 Å². The molecular weight excluding hydrogens is 534 g/mol. The summed E-state index contributed by atoms with van der Waals surface area (Å²) in [4.78, 5) is 10.3. The number of guanidine groups is 1. The van der Waals surface area contributed by atoms with E-state index < -0.39 is 10.0 Å². The maximum absolute atomic E-state index is 13.5. The molecule has 3 rings (SSSR count). The second-order valence-electron chi connectivity index (χ2n) is 6.99. The Balaban J connectivity index is 0.00000341. The molecule has 1 aromatic carbocycles. The molecule has 1 fully saturated rings. The van der Waals surface area contributed by atoms with E-state index in [1.807, 2.05) is 6.07 Å². The highest BCUT2D eigenvalue weighted by Gasteiger charge is 2.21. The maximum atomic E-state index is 13.5. The van der Waals surface area contributed by atoms with Gasteiger partial charge < -0.3 is 15.5 Å². The number of pyridine rings is 1. The van der Waals surface area contributed by atoms with E-state index in [4.69, 9.17) is 0 Å². The van der Waals surface area contributed by atoms with Crippen LogP contribution < -0.4 is 20.3 Å². The van der Waals surface area contributed by atoms with E-state index in [1.54, 1.807) is 25.2 Å². The van der Waals surface area contributed by atoms with E-state index in [9.17, 15) is 12.8 Å². The number of hydrogen-bond acceptors (Lipinski definition) is 5. The van der Waals surface area contributed by atoms with Crippen LogP contribution in [0.4, 0.5) is 10.1 Å². The second kappa shape index (κ2) is 12.2. The normalized spacial score (nSPS) is 17.0. The number of nitrogens with one attached hydrogen (secondary N) is 3. The molecule has 2 aromatic rings. The van der Waals surface area contributed by atoms with Gasteiger partial charge in [-0.2, -0.15) is 0 Å². The molecule has 0 aliphatic carbocycles. The van der Waals surface area contributed by atoms with Crippen LogP contribution >= 0.6 is 24.0 Å². The van der Waals surface area contributed by atoms with Gasteiger partial charge in [-0.15, -0.1) is 24.0 Å². The molecule has 0 saturated carbocycles. The van der Waals surface area contributed by atoms with Crippen LogP contribution in [-0.4, -0.2) is 58.6 Å². The Kier molecular flexibility index (Phi) is 9.91. The molecule has 170 valence electrons. The summed E-state index contributed by atoms with van der Waals surface area (Å²) < 4.78 is 40.5. The SMILES string of the molecule is CN=C(NCCNS(=O)(=O)c1cccnc1)NC1CCCN(c2cccc(F)c2)C1.I. The fourth-order valence-corrected chi connectivity index (χ4v) is 4.34. The van der Waals surface area contributed by atoms with Crippen LogP contribution in [0.3, 0.4) is 0 Å². The largest absolute Gasteiger partial charge is 0.369 e. The molecule has 1 saturated heterocycles. The number of sulfonamides is 1. The van der Waals surface area contributed by atoms with Crippen molar-refractivity contribution in [2.75, 3.05) is 38.1 Å². The molecule has 1 unspecified atom stereocenters. The minimum Gasteiger partial charge on any atom is -0.369 e. The molecule has 1 aliphatic rings. The van der Waals surface area contributed by atoms with Gasteiger partial charge in [0.05, 0.1) is 0 Å². The summed E-state index contributed by atoms with van der Waals surface area (Å²) in [5.41, 5.74) is 0.870. The minimum absolute atomic E-state index is 0. The number of piperidine rings is 1. The summed E-state index contributed by atoms with van der Waals surface area (Å²) in [6.45, 7) is 2.19. The highest BCUT2D eigenvalue weighted by atomic mass is 127. The first-order valence-electron chi connectivity index (χ1n) is 9.85. The maximum Gasteiger partial charge on any atom is 0.242 e. The summed E-state index contributed by atoms with van der Waals surface area (Å²) in [5, 5.41) is 6.49. The lowest BCUT2D eigenvalue weighted by molar-refractivity contribution is 0.467. The van der Waals surface area contributed by atoms with Crippen molar-refractivity contribution in [3.05, 3.63) is 54.6 Å². The molecule has 31 heavy (non-hydrogen) atoms. The third-order valence-corrected chi connectivity index (χ3v) is 6.26. The number of rotatable bonds is 7. The van der Waals surface area contributed by atoms with E-state index in [2.05, 4.69) is 30.2 Å². The van der Waals surface area contributed by atoms with Crippen LogP contribution in [0.25, 0.3) is 0 Å². The molecule has 0 spiro atoms. The van der Waals surface area contributed by atoms with E-state index in [-0.39, 0.29) is 47.3 Å². The summed E-state index contributed by atoms with van der Waals surface area (Å²) in [6.07, 6.45) is 4.79. The van der Waals surface area contributed by atoms with Gasteiger partial charge in [-0.05, 0) is 43.2 Å². The van der Waals surface area contributed by atoms with E-state index in [0.717, 1.165) is 31.6 Å². The van der Waals surface area contributed by atoms with E-state index >= 15 is 0 Å². The van der Waals surface area contributed by atoms with Gasteiger partial charge in [0.1, 0.15) is 10.7 Å². The van der Waals surface area contributed by atoms with Crippen molar-refractivity contribution >= 4 is 45.6 Å². The first-order chi connectivity index (χ1) is 14.5. The summed E-state index contributed by atoms with van der Waals surface area (Å²) in [7, 11) is -1.91. The number of aliphatic imine (C=N–C) groups is 1. The number of anilines is 1. The molecule has 3 N–H and O–H groups in total.